The zero-order valence-electron chi connectivity index (χ0n) is 21.6. The van der Waals surface area contributed by atoms with Crippen molar-refractivity contribution in [2.75, 3.05) is 0 Å². The summed E-state index contributed by atoms with van der Waals surface area (Å²) in [7, 11) is 0. The Balaban J connectivity index is 0.000000171. The number of carbonyl (C=O) groups is 2. The van der Waals surface area contributed by atoms with Crippen LogP contribution < -0.4 is 0 Å². The van der Waals surface area contributed by atoms with E-state index in [2.05, 4.69) is 9.97 Å². The molecule has 0 saturated carbocycles. The number of aromatic carboxylic acids is 2. The van der Waals surface area contributed by atoms with Gasteiger partial charge < -0.3 is 19.0 Å². The van der Waals surface area contributed by atoms with Crippen molar-refractivity contribution < 1.29 is 46.2 Å². The van der Waals surface area contributed by atoms with Gasteiger partial charge in [-0.05, 0) is 64.0 Å². The number of benzene rings is 4. The summed E-state index contributed by atoms with van der Waals surface area (Å²) in [6.45, 7) is 0. The van der Waals surface area contributed by atoms with E-state index in [4.69, 9.17) is 8.83 Å². The lowest BCUT2D eigenvalue weighted by atomic mass is 9.98. The molecule has 218 valence electrons. The Labute approximate surface area is 252 Å². The topological polar surface area (TPSA) is 127 Å². The van der Waals surface area contributed by atoms with E-state index in [-0.39, 0.29) is 68.4 Å². The summed E-state index contributed by atoms with van der Waals surface area (Å²) < 4.78 is 67.2. The van der Waals surface area contributed by atoms with E-state index in [1.807, 2.05) is 22.6 Å². The molecule has 6 aromatic rings. The van der Waals surface area contributed by atoms with Crippen molar-refractivity contribution >= 4 is 56.7 Å². The minimum Gasteiger partial charge on any atom is -0.478 e. The first-order valence-corrected chi connectivity index (χ1v) is 13.4. The quantitative estimate of drug-likeness (QED) is 0.136. The van der Waals surface area contributed by atoms with Gasteiger partial charge in [-0.15, -0.1) is 0 Å². The molecule has 2 heterocycles. The van der Waals surface area contributed by atoms with Crippen LogP contribution in [0.5, 0.6) is 0 Å². The molecular weight excluding hydrogens is 687 g/mol. The van der Waals surface area contributed by atoms with Gasteiger partial charge in [0.2, 0.25) is 0 Å². The molecule has 8 nitrogen and oxygen atoms in total. The number of hydrogen-bond acceptors (Lipinski definition) is 6. The molecule has 0 unspecified atom stereocenters. The molecule has 0 bridgehead atoms. The monoisotopic (exact) mass is 704 g/mol. The van der Waals surface area contributed by atoms with Crippen molar-refractivity contribution in [3.8, 4) is 0 Å². The van der Waals surface area contributed by atoms with Crippen LogP contribution in [0.3, 0.4) is 0 Å². The maximum absolute atomic E-state index is 14.5. The largest absolute Gasteiger partial charge is 0.478 e. The predicted molar refractivity (Wildman–Crippen MR) is 153 cm³/mol. The second kappa shape index (κ2) is 12.2. The van der Waals surface area contributed by atoms with Gasteiger partial charge in [-0.25, -0.2) is 37.1 Å². The average molecular weight is 704 g/mol. The number of aromatic nitrogens is 2. The maximum Gasteiger partial charge on any atom is 0.336 e. The van der Waals surface area contributed by atoms with Crippen molar-refractivity contribution in [3.63, 3.8) is 0 Å². The number of halogens is 5. The van der Waals surface area contributed by atoms with Gasteiger partial charge in [0.05, 0.1) is 11.1 Å². The molecule has 4 aromatic carbocycles. The third-order valence-corrected chi connectivity index (χ3v) is 7.18. The van der Waals surface area contributed by atoms with E-state index in [0.29, 0.717) is 3.57 Å². The lowest BCUT2D eigenvalue weighted by Gasteiger charge is -2.09. The van der Waals surface area contributed by atoms with Crippen LogP contribution in [0, 0.1) is 26.8 Å². The highest BCUT2D eigenvalue weighted by Crippen LogP contribution is 2.28. The molecule has 0 atom stereocenters. The molecule has 0 saturated heterocycles. The molecule has 43 heavy (non-hydrogen) atoms. The molecule has 6 rings (SSSR count). The van der Waals surface area contributed by atoms with Gasteiger partial charge in [-0.2, -0.15) is 0 Å². The first kappa shape index (κ1) is 29.7. The van der Waals surface area contributed by atoms with E-state index in [1.54, 1.807) is 12.1 Å². The molecule has 0 aliphatic carbocycles. The summed E-state index contributed by atoms with van der Waals surface area (Å²) in [5.74, 6) is -5.25. The third-order valence-electron chi connectivity index (χ3n) is 6.50. The second-order valence-electron chi connectivity index (χ2n) is 9.12. The maximum atomic E-state index is 14.5. The summed E-state index contributed by atoms with van der Waals surface area (Å²) in [5.41, 5.74) is -0.379. The number of rotatable bonds is 6. The lowest BCUT2D eigenvalue weighted by Crippen LogP contribution is -2.07. The first-order valence-electron chi connectivity index (χ1n) is 12.3. The van der Waals surface area contributed by atoms with Gasteiger partial charge in [0.1, 0.15) is 22.7 Å². The number of fused-ring (bicyclic) bond motifs is 2. The molecule has 0 spiro atoms. The van der Waals surface area contributed by atoms with Gasteiger partial charge in [-0.1, -0.05) is 24.3 Å². The molecule has 0 aliphatic heterocycles. The normalized spacial score (nSPS) is 11.0. The second-order valence-corrected chi connectivity index (χ2v) is 10.4. The van der Waals surface area contributed by atoms with Crippen LogP contribution in [0.25, 0.3) is 22.2 Å². The zero-order valence-corrected chi connectivity index (χ0v) is 23.7. The lowest BCUT2D eigenvalue weighted by molar-refractivity contribution is 0.0684. The highest BCUT2D eigenvalue weighted by molar-refractivity contribution is 14.1. The Hall–Kier alpha value is -4.79. The highest BCUT2D eigenvalue weighted by atomic mass is 127. The SMILES string of the molecule is O=C(O)c1cc2ocnc2c(F)c1Cc1ccc(I)cc1F.O=C(O)c1cc2ocnc2c(F)c1Cc1ccccc1F. The Morgan fingerprint density at radius 3 is 1.65 bits per heavy atom. The number of carboxylic acid groups (broad SMARTS) is 2. The Morgan fingerprint density at radius 1 is 0.698 bits per heavy atom. The fraction of sp³-hybridized carbons (Fsp3) is 0.0667. The van der Waals surface area contributed by atoms with E-state index in [0.717, 1.165) is 12.8 Å². The van der Waals surface area contributed by atoms with E-state index in [1.165, 1.54) is 42.5 Å². The van der Waals surface area contributed by atoms with Crippen molar-refractivity contribution in [2.24, 2.45) is 0 Å². The molecule has 2 N–H and O–H groups in total. The average Bonchev–Trinajstić information content (AvgIpc) is 3.64. The van der Waals surface area contributed by atoms with E-state index < -0.39 is 35.2 Å². The Morgan fingerprint density at radius 2 is 1.19 bits per heavy atom. The van der Waals surface area contributed by atoms with Crippen LogP contribution >= 0.6 is 22.6 Å². The minimum absolute atomic E-state index is 0.0433. The molecule has 13 heteroatoms. The van der Waals surface area contributed by atoms with E-state index >= 15 is 0 Å². The number of carboxylic acids is 2. The first-order chi connectivity index (χ1) is 20.5. The van der Waals surface area contributed by atoms with Gasteiger partial charge in [0.25, 0.3) is 0 Å². The van der Waals surface area contributed by atoms with Gasteiger partial charge >= 0.3 is 11.9 Å². The van der Waals surface area contributed by atoms with Crippen LogP contribution in [-0.4, -0.2) is 32.1 Å². The molecule has 0 radical (unpaired) electrons. The summed E-state index contributed by atoms with van der Waals surface area (Å²) in [6.07, 6.45) is 1.71. The van der Waals surface area contributed by atoms with Crippen LogP contribution in [-0.2, 0) is 12.8 Å². The van der Waals surface area contributed by atoms with Crippen molar-refractivity contribution in [1.82, 2.24) is 9.97 Å². The minimum atomic E-state index is -1.31. The molecule has 0 amide bonds. The summed E-state index contributed by atoms with van der Waals surface area (Å²) in [6, 6.07) is 12.7. The van der Waals surface area contributed by atoms with Gasteiger partial charge in [0, 0.05) is 27.5 Å². The van der Waals surface area contributed by atoms with Crippen LogP contribution in [0.2, 0.25) is 0 Å². The molecule has 0 fully saturated rings. The number of nitrogens with zero attached hydrogens (tertiary/aromatic N) is 2. The summed E-state index contributed by atoms with van der Waals surface area (Å²) in [4.78, 5) is 30.1. The fourth-order valence-electron chi connectivity index (χ4n) is 4.42. The van der Waals surface area contributed by atoms with E-state index in [9.17, 15) is 37.4 Å². The number of oxazole rings is 2. The van der Waals surface area contributed by atoms with Crippen LogP contribution in [0.4, 0.5) is 17.6 Å². The Kier molecular flexibility index (Phi) is 8.43. The zero-order chi connectivity index (χ0) is 30.8. The predicted octanol–water partition coefficient (Wildman–Crippen LogP) is 7.39. The third kappa shape index (κ3) is 6.07. The fourth-order valence-corrected chi connectivity index (χ4v) is 4.87. The smallest absolute Gasteiger partial charge is 0.336 e. The van der Waals surface area contributed by atoms with Crippen molar-refractivity contribution in [1.29, 1.82) is 0 Å². The summed E-state index contributed by atoms with van der Waals surface area (Å²) >= 11 is 1.96. The standard InChI is InChI=1S/C15H8F2INO3.C15H9F2NO3/c16-11-4-8(18)2-1-7(11)3-9-10(15(20)21)5-12-14(13(9)17)19-6-22-12;16-11-4-2-1-3-8(11)5-9-10(15(19)20)6-12-14(13(9)17)18-7-21-12/h1-2,4-6H,3H2,(H,20,21);1-4,6-7H,5H2,(H,19,20). The Bertz CT molecular complexity index is 2020. The van der Waals surface area contributed by atoms with Crippen LogP contribution in [0.1, 0.15) is 43.0 Å². The molecular formula is C30H17F4IN2O6. The van der Waals surface area contributed by atoms with Crippen LogP contribution in [0.15, 0.2) is 76.2 Å². The highest BCUT2D eigenvalue weighted by Gasteiger charge is 2.23. The van der Waals surface area contributed by atoms with Gasteiger partial charge in [-0.3, -0.25) is 0 Å². The van der Waals surface area contributed by atoms with Gasteiger partial charge in [0.15, 0.2) is 35.6 Å². The van der Waals surface area contributed by atoms with Crippen molar-refractivity contribution in [3.05, 3.63) is 128 Å². The summed E-state index contributed by atoms with van der Waals surface area (Å²) in [5, 5.41) is 18.5. The molecule has 2 aromatic heterocycles. The molecule has 0 aliphatic rings. The number of hydrogen-bond donors (Lipinski definition) is 2. The van der Waals surface area contributed by atoms with Crippen molar-refractivity contribution in [2.45, 2.75) is 12.8 Å².